The number of nitrogens with zero attached hydrogens (tertiary/aromatic N) is 5. The van der Waals surface area contributed by atoms with Gasteiger partial charge >= 0.3 is 0 Å². The van der Waals surface area contributed by atoms with E-state index in [1.807, 2.05) is 43.7 Å². The first-order chi connectivity index (χ1) is 15.0. The van der Waals surface area contributed by atoms with Gasteiger partial charge < -0.3 is 4.57 Å². The maximum atomic E-state index is 13.3. The molecule has 0 unspecified atom stereocenters. The van der Waals surface area contributed by atoms with Gasteiger partial charge in [-0.05, 0) is 43.5 Å². The van der Waals surface area contributed by atoms with Crippen molar-refractivity contribution < 1.29 is 0 Å². The molecule has 0 saturated carbocycles. The normalized spacial score (nSPS) is 16.2. The summed E-state index contributed by atoms with van der Waals surface area (Å²) in [5, 5.41) is 1.46. The molecule has 0 N–H and O–H groups in total. The van der Waals surface area contributed by atoms with Gasteiger partial charge in [0.2, 0.25) is 0 Å². The van der Waals surface area contributed by atoms with Gasteiger partial charge in [0.05, 0.1) is 24.8 Å². The molecule has 1 atom stereocenters. The maximum Gasteiger partial charge on any atom is 0.262 e. The quantitative estimate of drug-likeness (QED) is 0.460. The van der Waals surface area contributed by atoms with E-state index in [0.717, 1.165) is 47.4 Å². The Hall–Kier alpha value is -2.48. The molecule has 0 saturated heterocycles. The average Bonchev–Trinajstić information content (AvgIpc) is 3.34. The number of aryl methyl sites for hydroxylation is 2. The summed E-state index contributed by atoms with van der Waals surface area (Å²) in [5.41, 5.74) is 2.14. The molecule has 6 nitrogen and oxygen atoms in total. The molecule has 0 aliphatic heterocycles. The van der Waals surface area contributed by atoms with Crippen molar-refractivity contribution in [3.63, 3.8) is 0 Å². The Morgan fingerprint density at radius 3 is 2.90 bits per heavy atom. The zero-order chi connectivity index (χ0) is 21.5. The highest BCUT2D eigenvalue weighted by Gasteiger charge is 2.27. The van der Waals surface area contributed by atoms with E-state index in [1.165, 1.54) is 10.4 Å². The van der Waals surface area contributed by atoms with E-state index in [2.05, 4.69) is 26.5 Å². The summed E-state index contributed by atoms with van der Waals surface area (Å²) in [7, 11) is 4.19. The van der Waals surface area contributed by atoms with Gasteiger partial charge in [-0.3, -0.25) is 14.3 Å². The van der Waals surface area contributed by atoms with Crippen LogP contribution in [0.25, 0.3) is 10.2 Å². The summed E-state index contributed by atoms with van der Waals surface area (Å²) in [5.74, 6) is 1.06. The largest absolute Gasteiger partial charge is 0.337 e. The molecule has 0 spiro atoms. The van der Waals surface area contributed by atoms with E-state index >= 15 is 0 Å². The molecule has 1 aliphatic carbocycles. The number of halogens is 1. The van der Waals surface area contributed by atoms with Gasteiger partial charge in [0.15, 0.2) is 0 Å². The van der Waals surface area contributed by atoms with Gasteiger partial charge in [0.1, 0.15) is 10.7 Å². The molecule has 1 aromatic carbocycles. The predicted molar refractivity (Wildman–Crippen MR) is 125 cm³/mol. The molecule has 0 radical (unpaired) electrons. The van der Waals surface area contributed by atoms with Crippen LogP contribution in [0.5, 0.6) is 0 Å². The SMILES string of the molecule is CN(Cc1nccn1C)[C@H]1CCc2c(sc3ncn(Cc4ccccc4Cl)c(=O)c23)C1. The van der Waals surface area contributed by atoms with Crippen LogP contribution in [0, 0.1) is 0 Å². The number of thiophene rings is 1. The van der Waals surface area contributed by atoms with Gasteiger partial charge in [-0.2, -0.15) is 0 Å². The Morgan fingerprint density at radius 2 is 2.13 bits per heavy atom. The number of likely N-dealkylation sites (N-methyl/N-ethyl adjacent to an activating group) is 1. The number of imidazole rings is 1. The van der Waals surface area contributed by atoms with E-state index < -0.39 is 0 Å². The summed E-state index contributed by atoms with van der Waals surface area (Å²) in [6.07, 6.45) is 8.35. The van der Waals surface area contributed by atoms with Gasteiger partial charge in [0.25, 0.3) is 5.56 Å². The number of hydrogen-bond acceptors (Lipinski definition) is 5. The van der Waals surface area contributed by atoms with Crippen LogP contribution in [0.1, 0.15) is 28.2 Å². The van der Waals surface area contributed by atoms with Crippen LogP contribution < -0.4 is 5.56 Å². The number of fused-ring (bicyclic) bond motifs is 3. The summed E-state index contributed by atoms with van der Waals surface area (Å²) >= 11 is 7.97. The van der Waals surface area contributed by atoms with E-state index in [1.54, 1.807) is 22.2 Å². The standard InChI is InChI=1S/C23H24ClN5OS/c1-27-10-9-25-20(27)13-28(2)16-7-8-17-19(11-16)31-22-21(17)23(30)29(14-26-22)12-15-5-3-4-6-18(15)24/h3-6,9-10,14,16H,7-8,11-13H2,1-2H3/t16-/m0/s1. The third kappa shape index (κ3) is 3.82. The molecule has 8 heteroatoms. The highest BCUT2D eigenvalue weighted by atomic mass is 35.5. The minimum Gasteiger partial charge on any atom is -0.337 e. The van der Waals surface area contributed by atoms with E-state index in [-0.39, 0.29) is 5.56 Å². The Kier molecular flexibility index (Phi) is 5.42. The van der Waals surface area contributed by atoms with Crippen molar-refractivity contribution >= 4 is 33.2 Å². The second-order valence-corrected chi connectivity index (χ2v) is 9.71. The van der Waals surface area contributed by atoms with Crippen LogP contribution in [0.2, 0.25) is 5.02 Å². The molecule has 160 valence electrons. The Morgan fingerprint density at radius 1 is 1.29 bits per heavy atom. The first-order valence-electron chi connectivity index (χ1n) is 10.4. The minimum absolute atomic E-state index is 0.0298. The van der Waals surface area contributed by atoms with Crippen LogP contribution in [0.4, 0.5) is 0 Å². The third-order valence-electron chi connectivity index (χ3n) is 6.24. The molecular formula is C23H24ClN5OS. The molecule has 31 heavy (non-hydrogen) atoms. The first kappa shape index (κ1) is 20.4. The molecule has 3 aromatic heterocycles. The van der Waals surface area contributed by atoms with Crippen LogP contribution in [0.15, 0.2) is 47.8 Å². The summed E-state index contributed by atoms with van der Waals surface area (Å²) in [6, 6.07) is 8.06. The lowest BCUT2D eigenvalue weighted by Crippen LogP contribution is -2.36. The van der Waals surface area contributed by atoms with E-state index in [0.29, 0.717) is 17.6 Å². The smallest absolute Gasteiger partial charge is 0.262 e. The van der Waals surface area contributed by atoms with Crippen molar-refractivity contribution in [1.29, 1.82) is 0 Å². The lowest BCUT2D eigenvalue weighted by Gasteiger charge is -2.30. The van der Waals surface area contributed by atoms with Crippen molar-refractivity contribution in [2.45, 2.75) is 38.4 Å². The Balaban J connectivity index is 1.42. The van der Waals surface area contributed by atoms with Gasteiger partial charge in [-0.1, -0.05) is 29.8 Å². The van der Waals surface area contributed by atoms with Crippen molar-refractivity contribution in [3.05, 3.63) is 80.2 Å². The van der Waals surface area contributed by atoms with Crippen molar-refractivity contribution in [3.8, 4) is 0 Å². The fourth-order valence-corrected chi connectivity index (χ4v) is 5.83. The minimum atomic E-state index is 0.0298. The summed E-state index contributed by atoms with van der Waals surface area (Å²) < 4.78 is 3.74. The zero-order valence-electron chi connectivity index (χ0n) is 17.6. The molecule has 1 aliphatic rings. The monoisotopic (exact) mass is 453 g/mol. The molecule has 4 aromatic rings. The highest BCUT2D eigenvalue weighted by molar-refractivity contribution is 7.18. The summed E-state index contributed by atoms with van der Waals surface area (Å²) in [6.45, 7) is 1.25. The Bertz CT molecular complexity index is 1310. The van der Waals surface area contributed by atoms with Crippen LogP contribution in [-0.2, 0) is 33.0 Å². The molecule has 0 bridgehead atoms. The fourth-order valence-electron chi connectivity index (χ4n) is 4.38. The maximum absolute atomic E-state index is 13.3. The predicted octanol–water partition coefficient (Wildman–Crippen LogP) is 3.88. The molecule has 5 rings (SSSR count). The third-order valence-corrected chi connectivity index (χ3v) is 7.77. The lowest BCUT2D eigenvalue weighted by atomic mass is 9.92. The van der Waals surface area contributed by atoms with Crippen LogP contribution >= 0.6 is 22.9 Å². The van der Waals surface area contributed by atoms with Gasteiger partial charge in [-0.15, -0.1) is 11.3 Å². The van der Waals surface area contributed by atoms with Gasteiger partial charge in [0, 0.05) is 35.4 Å². The van der Waals surface area contributed by atoms with Gasteiger partial charge in [-0.25, -0.2) is 9.97 Å². The molecule has 0 amide bonds. The average molecular weight is 454 g/mol. The molecule has 3 heterocycles. The number of benzene rings is 1. The molecular weight excluding hydrogens is 430 g/mol. The van der Waals surface area contributed by atoms with Crippen molar-refractivity contribution in [2.75, 3.05) is 7.05 Å². The highest BCUT2D eigenvalue weighted by Crippen LogP contribution is 2.35. The van der Waals surface area contributed by atoms with Crippen LogP contribution in [0.3, 0.4) is 0 Å². The second kappa shape index (κ2) is 8.22. The topological polar surface area (TPSA) is 56.0 Å². The number of hydrogen-bond donors (Lipinski definition) is 0. The molecule has 0 fully saturated rings. The number of aromatic nitrogens is 4. The van der Waals surface area contributed by atoms with E-state index in [4.69, 9.17) is 11.6 Å². The first-order valence-corrected chi connectivity index (χ1v) is 11.6. The van der Waals surface area contributed by atoms with E-state index in [9.17, 15) is 4.79 Å². The fraction of sp³-hybridized carbons (Fsp3) is 0.348. The Labute approximate surface area is 189 Å². The van der Waals surface area contributed by atoms with Crippen molar-refractivity contribution in [1.82, 2.24) is 24.0 Å². The summed E-state index contributed by atoms with van der Waals surface area (Å²) in [4.78, 5) is 26.9. The zero-order valence-corrected chi connectivity index (χ0v) is 19.2. The number of rotatable bonds is 5. The lowest BCUT2D eigenvalue weighted by molar-refractivity contribution is 0.209. The van der Waals surface area contributed by atoms with Crippen LogP contribution in [-0.4, -0.2) is 37.1 Å². The second-order valence-electron chi connectivity index (χ2n) is 8.22. The van der Waals surface area contributed by atoms with Crippen molar-refractivity contribution in [2.24, 2.45) is 7.05 Å².